The molecule has 2 aromatic rings. The topological polar surface area (TPSA) is 128 Å². The van der Waals surface area contributed by atoms with Crippen molar-refractivity contribution in [3.63, 3.8) is 0 Å². The zero-order chi connectivity index (χ0) is 25.4. The zero-order valence-electron chi connectivity index (χ0n) is 20.0. The summed E-state index contributed by atoms with van der Waals surface area (Å²) in [7, 11) is 2.09. The molecule has 0 aliphatic carbocycles. The van der Waals surface area contributed by atoms with Crippen LogP contribution in [0.2, 0.25) is 0 Å². The number of ether oxygens (including phenoxy) is 1. The fourth-order valence-corrected chi connectivity index (χ4v) is 3.54. The minimum Gasteiger partial charge on any atom is -0.432 e. The number of benzene rings is 1. The number of alkyl halides is 1. The molecule has 0 saturated carbocycles. The van der Waals surface area contributed by atoms with E-state index in [2.05, 4.69) is 34.1 Å². The van der Waals surface area contributed by atoms with Crippen LogP contribution in [-0.2, 0) is 5.97 Å². The highest BCUT2D eigenvalue weighted by Gasteiger charge is 2.30. The van der Waals surface area contributed by atoms with Gasteiger partial charge in [-0.15, -0.1) is 0 Å². The van der Waals surface area contributed by atoms with Crippen LogP contribution in [0.4, 0.5) is 10.2 Å². The molecule has 0 bridgehead atoms. The van der Waals surface area contributed by atoms with Gasteiger partial charge in [-0.2, -0.15) is 0 Å². The SMILES string of the molecule is CC(C#Cc1cccc(C(O)(O)Oc2cc(/C(C=N)=C/NC3CCN(C)CC3)cnc2N)c1)CF. The van der Waals surface area contributed by atoms with Gasteiger partial charge in [-0.3, -0.25) is 0 Å². The van der Waals surface area contributed by atoms with E-state index in [-0.39, 0.29) is 17.1 Å². The van der Waals surface area contributed by atoms with Gasteiger partial charge in [0.05, 0.1) is 5.56 Å². The number of aliphatic hydroxyl groups is 2. The number of likely N-dealkylation sites (tertiary alicyclic amines) is 1. The first-order chi connectivity index (χ1) is 16.7. The van der Waals surface area contributed by atoms with Crippen LogP contribution in [0.15, 0.2) is 42.7 Å². The fourth-order valence-electron chi connectivity index (χ4n) is 3.54. The summed E-state index contributed by atoms with van der Waals surface area (Å²) < 4.78 is 18.1. The minimum absolute atomic E-state index is 0.0220. The van der Waals surface area contributed by atoms with Crippen LogP contribution in [0.5, 0.6) is 5.75 Å². The number of nitrogens with two attached hydrogens (primary N) is 1. The highest BCUT2D eigenvalue weighted by Crippen LogP contribution is 2.30. The molecule has 8 nitrogen and oxygen atoms in total. The molecular weight excluding hydrogens is 449 g/mol. The summed E-state index contributed by atoms with van der Waals surface area (Å²) in [6.45, 7) is 3.10. The summed E-state index contributed by atoms with van der Waals surface area (Å²) in [5, 5.41) is 32.5. The number of nitrogens with one attached hydrogen (secondary N) is 2. The number of nitrogen functional groups attached to an aromatic ring is 1. The van der Waals surface area contributed by atoms with E-state index in [1.165, 1.54) is 30.6 Å². The van der Waals surface area contributed by atoms with Crippen molar-refractivity contribution in [3.8, 4) is 17.6 Å². The van der Waals surface area contributed by atoms with E-state index in [0.717, 1.165) is 25.9 Å². The molecule has 1 aromatic heterocycles. The maximum atomic E-state index is 12.7. The van der Waals surface area contributed by atoms with Crippen molar-refractivity contribution in [2.24, 2.45) is 5.92 Å². The second-order valence-corrected chi connectivity index (χ2v) is 8.71. The number of halogens is 1. The van der Waals surface area contributed by atoms with Crippen LogP contribution >= 0.6 is 0 Å². The van der Waals surface area contributed by atoms with E-state index in [1.807, 2.05) is 0 Å². The van der Waals surface area contributed by atoms with Gasteiger partial charge in [-0.25, -0.2) is 9.37 Å². The Balaban J connectivity index is 1.79. The van der Waals surface area contributed by atoms with Gasteiger partial charge < -0.3 is 36.3 Å². The molecule has 3 rings (SSSR count). The molecule has 2 heterocycles. The summed E-state index contributed by atoms with van der Waals surface area (Å²) >= 11 is 0. The Morgan fingerprint density at radius 3 is 2.83 bits per heavy atom. The molecule has 0 radical (unpaired) electrons. The molecular formula is C26H32FN5O3. The molecule has 35 heavy (non-hydrogen) atoms. The third kappa shape index (κ3) is 7.26. The Kier molecular flexibility index (Phi) is 8.82. The summed E-state index contributed by atoms with van der Waals surface area (Å²) in [4.78, 5) is 6.37. The average Bonchev–Trinajstić information content (AvgIpc) is 2.85. The number of allylic oxidation sites excluding steroid dienone is 1. The van der Waals surface area contributed by atoms with Crippen molar-refractivity contribution in [1.29, 1.82) is 5.41 Å². The lowest BCUT2D eigenvalue weighted by Crippen LogP contribution is -2.38. The number of pyridine rings is 1. The monoisotopic (exact) mass is 481 g/mol. The number of hydrogen-bond acceptors (Lipinski definition) is 8. The molecule has 1 aliphatic rings. The lowest BCUT2D eigenvalue weighted by atomic mass is 10.1. The van der Waals surface area contributed by atoms with Crippen molar-refractivity contribution in [2.45, 2.75) is 31.8 Å². The normalized spacial score (nSPS) is 16.2. The Bertz CT molecular complexity index is 1120. The Labute approximate surface area is 205 Å². The highest BCUT2D eigenvalue weighted by atomic mass is 19.1. The molecule has 9 heteroatoms. The predicted octanol–water partition coefficient (Wildman–Crippen LogP) is 2.47. The third-order valence-corrected chi connectivity index (χ3v) is 5.75. The van der Waals surface area contributed by atoms with Crippen LogP contribution in [0.1, 0.15) is 36.5 Å². The fraction of sp³-hybridized carbons (Fsp3) is 0.385. The first-order valence-corrected chi connectivity index (χ1v) is 11.4. The van der Waals surface area contributed by atoms with Crippen molar-refractivity contribution in [1.82, 2.24) is 15.2 Å². The van der Waals surface area contributed by atoms with Gasteiger partial charge in [0.1, 0.15) is 6.67 Å². The maximum Gasteiger partial charge on any atom is 0.351 e. The van der Waals surface area contributed by atoms with Crippen molar-refractivity contribution < 1.29 is 19.3 Å². The average molecular weight is 482 g/mol. The maximum absolute atomic E-state index is 12.7. The van der Waals surface area contributed by atoms with Gasteiger partial charge in [-0.1, -0.05) is 17.9 Å². The van der Waals surface area contributed by atoms with Gasteiger partial charge >= 0.3 is 5.97 Å². The largest absolute Gasteiger partial charge is 0.432 e. The quantitative estimate of drug-likeness (QED) is 0.223. The number of nitrogens with zero attached hydrogens (tertiary/aromatic N) is 2. The van der Waals surface area contributed by atoms with Crippen molar-refractivity contribution in [2.75, 3.05) is 32.5 Å². The summed E-state index contributed by atoms with van der Waals surface area (Å²) in [6.07, 6.45) is 6.44. The van der Waals surface area contributed by atoms with Crippen LogP contribution in [0.3, 0.4) is 0 Å². The first kappa shape index (κ1) is 26.2. The molecule has 1 fully saturated rings. The van der Waals surface area contributed by atoms with E-state index in [0.29, 0.717) is 22.7 Å². The summed E-state index contributed by atoms with van der Waals surface area (Å²) in [5.74, 6) is 2.32. The van der Waals surface area contributed by atoms with E-state index in [9.17, 15) is 14.6 Å². The molecule has 186 valence electrons. The van der Waals surface area contributed by atoms with Crippen LogP contribution in [-0.4, -0.2) is 59.2 Å². The van der Waals surface area contributed by atoms with Gasteiger partial charge in [0.25, 0.3) is 0 Å². The molecule has 1 aromatic carbocycles. The molecule has 1 saturated heterocycles. The predicted molar refractivity (Wildman–Crippen MR) is 134 cm³/mol. The van der Waals surface area contributed by atoms with E-state index in [4.69, 9.17) is 15.9 Å². The smallest absolute Gasteiger partial charge is 0.351 e. The van der Waals surface area contributed by atoms with Crippen molar-refractivity contribution >= 4 is 17.6 Å². The number of hydrogen-bond donors (Lipinski definition) is 5. The van der Waals surface area contributed by atoms with E-state index >= 15 is 0 Å². The third-order valence-electron chi connectivity index (χ3n) is 5.75. The molecule has 1 aliphatic heterocycles. The van der Waals surface area contributed by atoms with Gasteiger partial charge in [-0.05, 0) is 64.2 Å². The minimum atomic E-state index is -2.72. The van der Waals surface area contributed by atoms with Gasteiger partial charge in [0.2, 0.25) is 0 Å². The van der Waals surface area contributed by atoms with Gasteiger partial charge in [0.15, 0.2) is 11.6 Å². The van der Waals surface area contributed by atoms with E-state index in [1.54, 1.807) is 25.3 Å². The highest BCUT2D eigenvalue weighted by molar-refractivity contribution is 6.08. The molecule has 0 spiro atoms. The van der Waals surface area contributed by atoms with Crippen LogP contribution < -0.4 is 15.8 Å². The van der Waals surface area contributed by atoms with Crippen LogP contribution in [0.25, 0.3) is 5.57 Å². The Hall–Kier alpha value is -3.45. The molecule has 1 atom stereocenters. The number of rotatable bonds is 8. The number of piperidine rings is 1. The van der Waals surface area contributed by atoms with Crippen LogP contribution in [0, 0.1) is 23.2 Å². The molecule has 0 amide bonds. The van der Waals surface area contributed by atoms with E-state index < -0.39 is 18.6 Å². The number of aromatic nitrogens is 1. The van der Waals surface area contributed by atoms with Gasteiger partial charge in [0, 0.05) is 47.3 Å². The summed E-state index contributed by atoms with van der Waals surface area (Å²) in [6, 6.07) is 7.98. The first-order valence-electron chi connectivity index (χ1n) is 11.4. The lowest BCUT2D eigenvalue weighted by Gasteiger charge is -2.29. The standard InChI is InChI=1S/C26H32FN5O3/c1-18(14-27)6-7-19-4-3-5-22(12-19)26(33,34)35-24-13-20(16-31-25(24)29)21(15-28)17-30-23-8-10-32(2)11-9-23/h3-5,12-13,15-18,23,28,30,33-34H,8-11,14H2,1-2H3,(H2,29,31)/b21-17+,28-15?. The zero-order valence-corrected chi connectivity index (χ0v) is 20.0. The second-order valence-electron chi connectivity index (χ2n) is 8.71. The van der Waals surface area contributed by atoms with Crippen molar-refractivity contribution in [3.05, 3.63) is 59.4 Å². The number of anilines is 1. The molecule has 1 unspecified atom stereocenters. The molecule has 6 N–H and O–H groups in total. The Morgan fingerprint density at radius 2 is 2.14 bits per heavy atom. The Morgan fingerprint density at radius 1 is 1.40 bits per heavy atom. The summed E-state index contributed by atoms with van der Waals surface area (Å²) in [5.41, 5.74) is 7.51. The lowest BCUT2D eigenvalue weighted by molar-refractivity contribution is -0.303. The second kappa shape index (κ2) is 11.8.